The summed E-state index contributed by atoms with van der Waals surface area (Å²) in [5.41, 5.74) is 1.50. The number of carbonyl (C=O) groups is 1. The first-order chi connectivity index (χ1) is 13.6. The fourth-order valence-electron chi connectivity index (χ4n) is 3.68. The number of nitrogens with zero attached hydrogens (tertiary/aromatic N) is 4. The molecule has 1 aliphatic rings. The molecule has 0 unspecified atom stereocenters. The van der Waals surface area contributed by atoms with Crippen LogP contribution in [0.2, 0.25) is 0 Å². The van der Waals surface area contributed by atoms with E-state index in [0.29, 0.717) is 35.6 Å². The highest BCUT2D eigenvalue weighted by Gasteiger charge is 2.27. The zero-order valence-electron chi connectivity index (χ0n) is 14.8. The van der Waals surface area contributed by atoms with Crippen molar-refractivity contribution in [2.75, 3.05) is 6.54 Å². The van der Waals surface area contributed by atoms with Crippen LogP contribution >= 0.6 is 0 Å². The highest BCUT2D eigenvalue weighted by Crippen LogP contribution is 2.21. The molecule has 1 aliphatic heterocycles. The average Bonchev–Trinajstić information content (AvgIpc) is 2.73. The van der Waals surface area contributed by atoms with E-state index in [1.807, 2.05) is 30.3 Å². The van der Waals surface area contributed by atoms with Crippen LogP contribution in [0.1, 0.15) is 21.7 Å². The number of hydrogen-bond donors (Lipinski definition) is 0. The summed E-state index contributed by atoms with van der Waals surface area (Å²) >= 11 is 0. The summed E-state index contributed by atoms with van der Waals surface area (Å²) in [6, 6.07) is 12.2. The number of rotatable bonds is 1. The van der Waals surface area contributed by atoms with Crippen LogP contribution in [0.15, 0.2) is 59.7 Å². The van der Waals surface area contributed by atoms with Crippen LogP contribution in [0.25, 0.3) is 16.4 Å². The van der Waals surface area contributed by atoms with Crippen LogP contribution < -0.4 is 5.56 Å². The lowest BCUT2D eigenvalue weighted by molar-refractivity contribution is 0.0729. The Morgan fingerprint density at radius 2 is 1.96 bits per heavy atom. The lowest BCUT2D eigenvalue weighted by atomic mass is 10.0. The predicted molar refractivity (Wildman–Crippen MR) is 102 cm³/mol. The molecule has 7 heteroatoms. The average molecular weight is 374 g/mol. The number of pyridine rings is 2. The number of halogens is 1. The lowest BCUT2D eigenvalue weighted by Gasteiger charge is -2.28. The van der Waals surface area contributed by atoms with E-state index in [2.05, 4.69) is 9.97 Å². The van der Waals surface area contributed by atoms with E-state index in [-0.39, 0.29) is 18.0 Å². The van der Waals surface area contributed by atoms with Crippen molar-refractivity contribution in [1.82, 2.24) is 19.3 Å². The Balaban J connectivity index is 1.56. The molecule has 138 valence electrons. The molecular formula is C21H15FN4O2. The minimum absolute atomic E-state index is 0.129. The third-order valence-electron chi connectivity index (χ3n) is 5.10. The van der Waals surface area contributed by atoms with Crippen molar-refractivity contribution < 1.29 is 9.18 Å². The SMILES string of the molecule is O=C(c1nccc2ccccc12)N1CCc2nc3ccc(F)cn3c(=O)c2C1. The van der Waals surface area contributed by atoms with Gasteiger partial charge in [0.2, 0.25) is 0 Å². The molecule has 0 radical (unpaired) electrons. The van der Waals surface area contributed by atoms with Crippen LogP contribution in [0.3, 0.4) is 0 Å². The summed E-state index contributed by atoms with van der Waals surface area (Å²) in [7, 11) is 0. The monoisotopic (exact) mass is 374 g/mol. The molecule has 3 aromatic heterocycles. The van der Waals surface area contributed by atoms with E-state index in [0.717, 1.165) is 17.0 Å². The molecule has 0 saturated carbocycles. The molecule has 6 nitrogen and oxygen atoms in total. The topological polar surface area (TPSA) is 67.6 Å². The van der Waals surface area contributed by atoms with E-state index >= 15 is 0 Å². The summed E-state index contributed by atoms with van der Waals surface area (Å²) in [5, 5.41) is 1.71. The van der Waals surface area contributed by atoms with Gasteiger partial charge in [0.1, 0.15) is 17.2 Å². The van der Waals surface area contributed by atoms with E-state index < -0.39 is 5.82 Å². The number of hydrogen-bond acceptors (Lipinski definition) is 4. The summed E-state index contributed by atoms with van der Waals surface area (Å²) in [6.45, 7) is 0.574. The van der Waals surface area contributed by atoms with E-state index in [9.17, 15) is 14.0 Å². The second-order valence-corrected chi connectivity index (χ2v) is 6.78. The molecule has 0 fully saturated rings. The largest absolute Gasteiger partial charge is 0.332 e. The maximum atomic E-state index is 13.6. The van der Waals surface area contributed by atoms with Gasteiger partial charge in [0.25, 0.3) is 11.5 Å². The number of carbonyl (C=O) groups excluding carboxylic acids is 1. The molecule has 28 heavy (non-hydrogen) atoms. The molecule has 0 N–H and O–H groups in total. The minimum atomic E-state index is -0.514. The van der Waals surface area contributed by atoms with Crippen molar-refractivity contribution in [3.8, 4) is 0 Å². The van der Waals surface area contributed by atoms with E-state index in [1.54, 1.807) is 11.1 Å². The molecule has 4 aromatic rings. The maximum absolute atomic E-state index is 13.6. The van der Waals surface area contributed by atoms with Gasteiger partial charge in [0, 0.05) is 30.7 Å². The summed E-state index contributed by atoms with van der Waals surface area (Å²) in [6.07, 6.45) is 3.20. The van der Waals surface area contributed by atoms with Crippen molar-refractivity contribution >= 4 is 22.3 Å². The maximum Gasteiger partial charge on any atom is 0.273 e. The number of amides is 1. The second-order valence-electron chi connectivity index (χ2n) is 6.78. The molecule has 0 saturated heterocycles. The fraction of sp³-hybridized carbons (Fsp3) is 0.143. The third kappa shape index (κ3) is 2.55. The molecular weight excluding hydrogens is 359 g/mol. The van der Waals surface area contributed by atoms with Crippen LogP contribution in [-0.2, 0) is 13.0 Å². The van der Waals surface area contributed by atoms with Gasteiger partial charge in [-0.05, 0) is 23.6 Å². The Morgan fingerprint density at radius 1 is 1.11 bits per heavy atom. The second kappa shape index (κ2) is 6.23. The Labute approximate surface area is 158 Å². The van der Waals surface area contributed by atoms with Gasteiger partial charge in [0.05, 0.1) is 17.8 Å². The number of fused-ring (bicyclic) bond motifs is 3. The van der Waals surface area contributed by atoms with Gasteiger partial charge >= 0.3 is 0 Å². The standard InChI is InChI=1S/C21H15FN4O2/c22-14-5-6-18-24-17-8-10-25(12-16(17)20(27)26(18)11-14)21(28)19-15-4-2-1-3-13(15)7-9-23-19/h1-7,9,11H,8,10,12H2. The minimum Gasteiger partial charge on any atom is -0.332 e. The Bertz CT molecular complexity index is 1310. The highest BCUT2D eigenvalue weighted by molar-refractivity contribution is 6.05. The Hall–Kier alpha value is -3.61. The van der Waals surface area contributed by atoms with Gasteiger partial charge in [-0.3, -0.25) is 19.0 Å². The smallest absolute Gasteiger partial charge is 0.273 e. The molecule has 0 atom stereocenters. The predicted octanol–water partition coefficient (Wildman–Crippen LogP) is 2.58. The van der Waals surface area contributed by atoms with Gasteiger partial charge in [-0.1, -0.05) is 24.3 Å². The van der Waals surface area contributed by atoms with Gasteiger partial charge in [0.15, 0.2) is 0 Å². The normalized spacial score (nSPS) is 13.7. The van der Waals surface area contributed by atoms with Gasteiger partial charge < -0.3 is 4.90 Å². The van der Waals surface area contributed by atoms with Crippen molar-refractivity contribution in [3.63, 3.8) is 0 Å². The third-order valence-corrected chi connectivity index (χ3v) is 5.10. The summed E-state index contributed by atoms with van der Waals surface area (Å²) in [4.78, 5) is 36.3. The highest BCUT2D eigenvalue weighted by atomic mass is 19.1. The van der Waals surface area contributed by atoms with Crippen molar-refractivity contribution in [3.05, 3.63) is 88.0 Å². The molecule has 0 spiro atoms. The van der Waals surface area contributed by atoms with Gasteiger partial charge in [-0.15, -0.1) is 0 Å². The first kappa shape index (κ1) is 16.6. The van der Waals surface area contributed by atoms with Crippen LogP contribution in [0.5, 0.6) is 0 Å². The summed E-state index contributed by atoms with van der Waals surface area (Å²) < 4.78 is 14.8. The first-order valence-electron chi connectivity index (χ1n) is 8.94. The zero-order chi connectivity index (χ0) is 19.3. The van der Waals surface area contributed by atoms with Crippen LogP contribution in [-0.4, -0.2) is 31.7 Å². The fourth-order valence-corrected chi connectivity index (χ4v) is 3.68. The van der Waals surface area contributed by atoms with Gasteiger partial charge in [-0.25, -0.2) is 9.37 Å². The van der Waals surface area contributed by atoms with Crippen LogP contribution in [0.4, 0.5) is 4.39 Å². The van der Waals surface area contributed by atoms with Gasteiger partial charge in [-0.2, -0.15) is 0 Å². The first-order valence-corrected chi connectivity index (χ1v) is 8.94. The number of aromatic nitrogens is 3. The van der Waals surface area contributed by atoms with Crippen molar-refractivity contribution in [2.24, 2.45) is 0 Å². The lowest BCUT2D eigenvalue weighted by Crippen LogP contribution is -2.40. The molecule has 1 amide bonds. The molecule has 4 heterocycles. The zero-order valence-corrected chi connectivity index (χ0v) is 14.8. The van der Waals surface area contributed by atoms with Crippen molar-refractivity contribution in [2.45, 2.75) is 13.0 Å². The molecule has 0 bridgehead atoms. The Kier molecular flexibility index (Phi) is 3.68. The Morgan fingerprint density at radius 3 is 2.86 bits per heavy atom. The van der Waals surface area contributed by atoms with Crippen LogP contribution in [0, 0.1) is 5.82 Å². The summed E-state index contributed by atoms with van der Waals surface area (Å²) in [5.74, 6) is -0.744. The van der Waals surface area contributed by atoms with Crippen molar-refractivity contribution in [1.29, 1.82) is 0 Å². The molecule has 0 aliphatic carbocycles. The number of benzene rings is 1. The van der Waals surface area contributed by atoms with E-state index in [4.69, 9.17) is 0 Å². The molecule has 5 rings (SSSR count). The quantitative estimate of drug-likeness (QED) is 0.514. The molecule has 1 aromatic carbocycles. The van der Waals surface area contributed by atoms with E-state index in [1.165, 1.54) is 16.5 Å².